The Morgan fingerprint density at radius 1 is 1.37 bits per heavy atom. The Balaban J connectivity index is 1.86. The SMILES string of the molecule is C/C=C/C1C(COCc2ccccc2)CCC1(C)O. The molecule has 2 rings (SSSR count). The fourth-order valence-corrected chi connectivity index (χ4v) is 2.99. The van der Waals surface area contributed by atoms with Crippen molar-refractivity contribution in [2.24, 2.45) is 11.8 Å². The molecule has 0 spiro atoms. The van der Waals surface area contributed by atoms with Gasteiger partial charge in [-0.2, -0.15) is 0 Å². The molecule has 19 heavy (non-hydrogen) atoms. The van der Waals surface area contributed by atoms with E-state index in [1.807, 2.05) is 38.1 Å². The molecule has 3 atom stereocenters. The van der Waals surface area contributed by atoms with Crippen LogP contribution in [0.4, 0.5) is 0 Å². The summed E-state index contributed by atoms with van der Waals surface area (Å²) in [5.41, 5.74) is 0.627. The van der Waals surface area contributed by atoms with Gasteiger partial charge in [0, 0.05) is 5.92 Å². The Bertz CT molecular complexity index is 409. The maximum Gasteiger partial charge on any atom is 0.0717 e. The van der Waals surface area contributed by atoms with Gasteiger partial charge in [0.1, 0.15) is 0 Å². The zero-order valence-electron chi connectivity index (χ0n) is 11.9. The number of benzene rings is 1. The zero-order valence-corrected chi connectivity index (χ0v) is 11.9. The third kappa shape index (κ3) is 3.68. The molecule has 0 heterocycles. The van der Waals surface area contributed by atoms with Crippen LogP contribution in [0.3, 0.4) is 0 Å². The number of rotatable bonds is 5. The molecule has 1 N–H and O–H groups in total. The maximum absolute atomic E-state index is 10.4. The molecular formula is C17H24O2. The summed E-state index contributed by atoms with van der Waals surface area (Å²) in [5.74, 6) is 0.642. The van der Waals surface area contributed by atoms with Crippen molar-refractivity contribution in [2.75, 3.05) is 6.61 Å². The third-order valence-corrected chi connectivity index (χ3v) is 4.09. The molecule has 0 aromatic heterocycles. The lowest BCUT2D eigenvalue weighted by atomic mass is 9.87. The first-order valence-corrected chi connectivity index (χ1v) is 7.10. The van der Waals surface area contributed by atoms with E-state index in [2.05, 4.69) is 18.2 Å². The summed E-state index contributed by atoms with van der Waals surface area (Å²) in [6, 6.07) is 10.2. The van der Waals surface area contributed by atoms with E-state index in [1.165, 1.54) is 5.56 Å². The highest BCUT2D eigenvalue weighted by Gasteiger charge is 2.42. The van der Waals surface area contributed by atoms with Gasteiger partial charge in [-0.25, -0.2) is 0 Å². The van der Waals surface area contributed by atoms with Gasteiger partial charge >= 0.3 is 0 Å². The molecule has 1 aromatic rings. The van der Waals surface area contributed by atoms with Gasteiger partial charge in [-0.15, -0.1) is 0 Å². The number of hydrogen-bond donors (Lipinski definition) is 1. The Morgan fingerprint density at radius 2 is 2.11 bits per heavy atom. The van der Waals surface area contributed by atoms with Crippen molar-refractivity contribution in [3.8, 4) is 0 Å². The quantitative estimate of drug-likeness (QED) is 0.820. The second kappa shape index (κ2) is 6.36. The van der Waals surface area contributed by atoms with E-state index in [-0.39, 0.29) is 5.92 Å². The van der Waals surface area contributed by atoms with E-state index in [4.69, 9.17) is 4.74 Å². The standard InChI is InChI=1S/C17H24O2/c1-3-7-16-15(10-11-17(16,2)18)13-19-12-14-8-5-4-6-9-14/h3-9,15-16,18H,10-13H2,1-2H3/b7-3+. The van der Waals surface area contributed by atoms with Crippen molar-refractivity contribution in [2.45, 2.75) is 38.9 Å². The highest BCUT2D eigenvalue weighted by atomic mass is 16.5. The first kappa shape index (κ1) is 14.3. The van der Waals surface area contributed by atoms with Gasteiger partial charge in [0.15, 0.2) is 0 Å². The van der Waals surface area contributed by atoms with Crippen LogP contribution < -0.4 is 0 Å². The molecule has 0 amide bonds. The summed E-state index contributed by atoms with van der Waals surface area (Å²) >= 11 is 0. The minimum Gasteiger partial charge on any atom is -0.390 e. The summed E-state index contributed by atoms with van der Waals surface area (Å²) in [6.07, 6.45) is 6.07. The molecule has 104 valence electrons. The van der Waals surface area contributed by atoms with E-state index in [1.54, 1.807) is 0 Å². The van der Waals surface area contributed by atoms with Crippen LogP contribution in [-0.4, -0.2) is 17.3 Å². The minimum absolute atomic E-state index is 0.216. The minimum atomic E-state index is -0.576. The molecule has 0 bridgehead atoms. The zero-order chi connectivity index (χ0) is 13.7. The molecule has 2 heteroatoms. The summed E-state index contributed by atoms with van der Waals surface area (Å²) < 4.78 is 5.83. The molecule has 3 unspecified atom stereocenters. The van der Waals surface area contributed by atoms with Crippen LogP contribution in [0.5, 0.6) is 0 Å². The van der Waals surface area contributed by atoms with Crippen LogP contribution in [-0.2, 0) is 11.3 Å². The van der Waals surface area contributed by atoms with Gasteiger partial charge in [0.25, 0.3) is 0 Å². The maximum atomic E-state index is 10.4. The molecule has 1 aliphatic carbocycles. The van der Waals surface area contributed by atoms with Crippen molar-refractivity contribution in [1.29, 1.82) is 0 Å². The van der Waals surface area contributed by atoms with Crippen LogP contribution in [0.2, 0.25) is 0 Å². The van der Waals surface area contributed by atoms with Crippen LogP contribution in [0, 0.1) is 11.8 Å². The van der Waals surface area contributed by atoms with Gasteiger partial charge in [0.2, 0.25) is 0 Å². The Kier molecular flexibility index (Phi) is 4.78. The van der Waals surface area contributed by atoms with Crippen molar-refractivity contribution < 1.29 is 9.84 Å². The van der Waals surface area contributed by atoms with Crippen LogP contribution in [0.15, 0.2) is 42.5 Å². The topological polar surface area (TPSA) is 29.5 Å². The normalized spacial score (nSPS) is 31.1. The van der Waals surface area contributed by atoms with Crippen LogP contribution in [0.1, 0.15) is 32.3 Å². The van der Waals surface area contributed by atoms with Crippen molar-refractivity contribution in [3.63, 3.8) is 0 Å². The smallest absolute Gasteiger partial charge is 0.0717 e. The molecular weight excluding hydrogens is 236 g/mol. The summed E-state index contributed by atoms with van der Waals surface area (Å²) in [6.45, 7) is 5.33. The summed E-state index contributed by atoms with van der Waals surface area (Å²) in [4.78, 5) is 0. The predicted molar refractivity (Wildman–Crippen MR) is 77.7 cm³/mol. The molecule has 0 radical (unpaired) electrons. The number of aliphatic hydroxyl groups is 1. The van der Waals surface area contributed by atoms with Gasteiger partial charge < -0.3 is 9.84 Å². The van der Waals surface area contributed by atoms with Gasteiger partial charge in [-0.1, -0.05) is 42.5 Å². The Labute approximate surface area is 116 Å². The highest BCUT2D eigenvalue weighted by molar-refractivity contribution is 5.13. The fourth-order valence-electron chi connectivity index (χ4n) is 2.99. The van der Waals surface area contributed by atoms with Crippen molar-refractivity contribution in [1.82, 2.24) is 0 Å². The van der Waals surface area contributed by atoms with E-state index >= 15 is 0 Å². The first-order chi connectivity index (χ1) is 9.13. The van der Waals surface area contributed by atoms with Crippen molar-refractivity contribution in [3.05, 3.63) is 48.0 Å². The van der Waals surface area contributed by atoms with E-state index in [9.17, 15) is 5.11 Å². The molecule has 1 saturated carbocycles. The monoisotopic (exact) mass is 260 g/mol. The summed E-state index contributed by atoms with van der Waals surface area (Å²) in [5, 5.41) is 10.4. The van der Waals surface area contributed by atoms with Gasteiger partial charge in [0.05, 0.1) is 18.8 Å². The van der Waals surface area contributed by atoms with Crippen molar-refractivity contribution >= 4 is 0 Å². The molecule has 2 nitrogen and oxygen atoms in total. The van der Waals surface area contributed by atoms with E-state index in [0.29, 0.717) is 12.5 Å². The van der Waals surface area contributed by atoms with E-state index < -0.39 is 5.60 Å². The molecule has 1 aromatic carbocycles. The second-order valence-corrected chi connectivity index (χ2v) is 5.71. The summed E-state index contributed by atoms with van der Waals surface area (Å²) in [7, 11) is 0. The molecule has 1 fully saturated rings. The fraction of sp³-hybridized carbons (Fsp3) is 0.529. The lowest BCUT2D eigenvalue weighted by Gasteiger charge is -2.26. The molecule has 0 aliphatic heterocycles. The predicted octanol–water partition coefficient (Wildman–Crippen LogP) is 3.56. The van der Waals surface area contributed by atoms with Gasteiger partial charge in [-0.05, 0) is 38.2 Å². The third-order valence-electron chi connectivity index (χ3n) is 4.09. The molecule has 1 aliphatic rings. The largest absolute Gasteiger partial charge is 0.390 e. The molecule has 0 saturated heterocycles. The average molecular weight is 260 g/mol. The van der Waals surface area contributed by atoms with Gasteiger partial charge in [-0.3, -0.25) is 0 Å². The number of allylic oxidation sites excluding steroid dienone is 1. The van der Waals surface area contributed by atoms with Crippen LogP contribution >= 0.6 is 0 Å². The Hall–Kier alpha value is -1.12. The lowest BCUT2D eigenvalue weighted by Crippen LogP contribution is -2.31. The highest BCUT2D eigenvalue weighted by Crippen LogP contribution is 2.41. The average Bonchev–Trinajstić information content (AvgIpc) is 2.68. The lowest BCUT2D eigenvalue weighted by molar-refractivity contribution is 0.0122. The number of ether oxygens (including phenoxy) is 1. The number of hydrogen-bond acceptors (Lipinski definition) is 2. The first-order valence-electron chi connectivity index (χ1n) is 7.10. The van der Waals surface area contributed by atoms with E-state index in [0.717, 1.165) is 19.4 Å². The second-order valence-electron chi connectivity index (χ2n) is 5.71. The van der Waals surface area contributed by atoms with Crippen LogP contribution in [0.25, 0.3) is 0 Å². The Morgan fingerprint density at radius 3 is 2.79 bits per heavy atom.